The molecule has 0 spiro atoms. The van der Waals surface area contributed by atoms with E-state index in [1.165, 1.54) is 25.8 Å². The molecule has 1 saturated heterocycles. The smallest absolute Gasteiger partial charge is 0.160 e. The van der Waals surface area contributed by atoms with Gasteiger partial charge in [-0.2, -0.15) is 0 Å². The molecular weight excluding hydrogens is 260 g/mol. The largest absolute Gasteiger partial charge is 0.311 e. The van der Waals surface area contributed by atoms with Crippen LogP contribution in [0, 0.1) is 0 Å². The van der Waals surface area contributed by atoms with Crippen molar-refractivity contribution in [1.29, 1.82) is 0 Å². The molecule has 0 aromatic carbocycles. The summed E-state index contributed by atoms with van der Waals surface area (Å²) in [6, 6.07) is 5.27. The molecule has 21 heavy (non-hydrogen) atoms. The van der Waals surface area contributed by atoms with Gasteiger partial charge in [-0.3, -0.25) is 4.90 Å². The van der Waals surface area contributed by atoms with E-state index in [1.807, 2.05) is 12.3 Å². The predicted octanol–water partition coefficient (Wildman–Crippen LogP) is 3.26. The Hall–Kier alpha value is -1.42. The second-order valence-electron chi connectivity index (χ2n) is 6.32. The molecule has 4 heteroatoms. The molecule has 1 unspecified atom stereocenters. The zero-order valence-corrected chi connectivity index (χ0v) is 13.4. The van der Waals surface area contributed by atoms with Crippen molar-refractivity contribution in [3.8, 4) is 0 Å². The van der Waals surface area contributed by atoms with E-state index in [0.717, 1.165) is 30.0 Å². The highest BCUT2D eigenvalue weighted by molar-refractivity contribution is 5.71. The van der Waals surface area contributed by atoms with Crippen molar-refractivity contribution >= 4 is 11.2 Å². The Morgan fingerprint density at radius 1 is 1.33 bits per heavy atom. The molecule has 4 nitrogen and oxygen atoms in total. The van der Waals surface area contributed by atoms with Crippen LogP contribution in [0.25, 0.3) is 11.2 Å². The summed E-state index contributed by atoms with van der Waals surface area (Å²) in [5.74, 6) is 1.16. The molecule has 2 aromatic rings. The van der Waals surface area contributed by atoms with E-state index in [0.29, 0.717) is 12.1 Å². The van der Waals surface area contributed by atoms with Gasteiger partial charge >= 0.3 is 0 Å². The van der Waals surface area contributed by atoms with Crippen molar-refractivity contribution in [2.45, 2.75) is 65.1 Å². The lowest BCUT2D eigenvalue weighted by atomic mass is 10.00. The number of pyridine rings is 1. The zero-order chi connectivity index (χ0) is 14.8. The van der Waals surface area contributed by atoms with Crippen molar-refractivity contribution in [3.05, 3.63) is 24.2 Å². The van der Waals surface area contributed by atoms with Crippen LogP contribution < -0.4 is 0 Å². The minimum absolute atomic E-state index is 0.614. The summed E-state index contributed by atoms with van der Waals surface area (Å²) >= 11 is 0. The second kappa shape index (κ2) is 6.14. The summed E-state index contributed by atoms with van der Waals surface area (Å²) in [6.07, 6.45) is 6.80. The van der Waals surface area contributed by atoms with Crippen LogP contribution in [-0.2, 0) is 13.0 Å². The highest BCUT2D eigenvalue weighted by Crippen LogP contribution is 2.23. The number of nitrogens with zero attached hydrogens (tertiary/aromatic N) is 4. The number of aryl methyl sites for hydroxylation is 1. The third-order valence-electron chi connectivity index (χ3n) is 4.63. The molecular formula is C17H26N4. The van der Waals surface area contributed by atoms with Crippen LogP contribution in [0.4, 0.5) is 0 Å². The molecule has 0 N–H and O–H groups in total. The Balaban J connectivity index is 1.92. The summed E-state index contributed by atoms with van der Waals surface area (Å²) in [4.78, 5) is 12.0. The molecule has 1 aliphatic rings. The average molecular weight is 286 g/mol. The molecule has 1 aliphatic heterocycles. The fourth-order valence-corrected chi connectivity index (χ4v) is 3.58. The van der Waals surface area contributed by atoms with Gasteiger partial charge in [0.1, 0.15) is 11.3 Å². The molecule has 3 rings (SSSR count). The van der Waals surface area contributed by atoms with E-state index in [4.69, 9.17) is 4.98 Å². The van der Waals surface area contributed by atoms with Crippen LogP contribution in [0.2, 0.25) is 0 Å². The maximum absolute atomic E-state index is 4.75. The first-order valence-electron chi connectivity index (χ1n) is 8.26. The molecule has 0 radical (unpaired) electrons. The monoisotopic (exact) mass is 286 g/mol. The van der Waals surface area contributed by atoms with Gasteiger partial charge in [0.05, 0.1) is 0 Å². The van der Waals surface area contributed by atoms with Gasteiger partial charge in [0.2, 0.25) is 0 Å². The lowest BCUT2D eigenvalue weighted by Gasteiger charge is -2.39. The fraction of sp³-hybridized carbons (Fsp3) is 0.647. The first kappa shape index (κ1) is 14.5. The Kier molecular flexibility index (Phi) is 4.24. The minimum atomic E-state index is 0.614. The van der Waals surface area contributed by atoms with E-state index < -0.39 is 0 Å². The van der Waals surface area contributed by atoms with Crippen LogP contribution in [0.15, 0.2) is 18.3 Å². The lowest BCUT2D eigenvalue weighted by molar-refractivity contribution is 0.0993. The second-order valence-corrected chi connectivity index (χ2v) is 6.32. The van der Waals surface area contributed by atoms with E-state index in [-0.39, 0.29) is 0 Å². The number of fused-ring (bicyclic) bond motifs is 1. The van der Waals surface area contributed by atoms with Crippen molar-refractivity contribution in [3.63, 3.8) is 0 Å². The Morgan fingerprint density at radius 2 is 2.19 bits per heavy atom. The number of aromatic nitrogens is 3. The lowest BCUT2D eigenvalue weighted by Crippen LogP contribution is -2.46. The van der Waals surface area contributed by atoms with E-state index in [9.17, 15) is 0 Å². The predicted molar refractivity (Wildman–Crippen MR) is 86.4 cm³/mol. The van der Waals surface area contributed by atoms with Gasteiger partial charge < -0.3 is 4.57 Å². The standard InChI is InChI=1S/C17H26N4/c1-4-16-19-15-9-7-10-18-17(15)21(16)12-14-8-5-6-11-20(14)13(2)3/h7,9-10,13-14H,4-6,8,11-12H2,1-3H3. The molecule has 0 bridgehead atoms. The summed E-state index contributed by atoms with van der Waals surface area (Å²) in [5.41, 5.74) is 2.07. The van der Waals surface area contributed by atoms with E-state index in [1.54, 1.807) is 0 Å². The quantitative estimate of drug-likeness (QED) is 0.865. The number of hydrogen-bond acceptors (Lipinski definition) is 3. The molecule has 1 atom stereocenters. The summed E-state index contributed by atoms with van der Waals surface area (Å²) in [5, 5.41) is 0. The van der Waals surface area contributed by atoms with Crippen LogP contribution in [-0.4, -0.2) is 38.1 Å². The van der Waals surface area contributed by atoms with E-state index in [2.05, 4.69) is 41.3 Å². The average Bonchev–Trinajstić information content (AvgIpc) is 2.86. The normalized spacial score (nSPS) is 20.5. The third-order valence-corrected chi connectivity index (χ3v) is 4.63. The number of likely N-dealkylation sites (tertiary alicyclic amines) is 1. The Bertz CT molecular complexity index is 602. The van der Waals surface area contributed by atoms with Crippen LogP contribution in [0.5, 0.6) is 0 Å². The number of imidazole rings is 1. The molecule has 0 saturated carbocycles. The van der Waals surface area contributed by atoms with Gasteiger partial charge in [0.25, 0.3) is 0 Å². The van der Waals surface area contributed by atoms with Crippen LogP contribution in [0.3, 0.4) is 0 Å². The Labute approximate surface area is 127 Å². The van der Waals surface area contributed by atoms with Crippen molar-refractivity contribution in [2.24, 2.45) is 0 Å². The topological polar surface area (TPSA) is 34.0 Å². The number of rotatable bonds is 4. The minimum Gasteiger partial charge on any atom is -0.311 e. The fourth-order valence-electron chi connectivity index (χ4n) is 3.58. The first-order chi connectivity index (χ1) is 10.2. The molecule has 0 aliphatic carbocycles. The maximum Gasteiger partial charge on any atom is 0.160 e. The summed E-state index contributed by atoms with van der Waals surface area (Å²) in [6.45, 7) is 9.05. The molecule has 1 fully saturated rings. The summed E-state index contributed by atoms with van der Waals surface area (Å²) in [7, 11) is 0. The van der Waals surface area contributed by atoms with Gasteiger partial charge in [-0.1, -0.05) is 13.3 Å². The zero-order valence-electron chi connectivity index (χ0n) is 13.4. The SMILES string of the molecule is CCc1nc2cccnc2n1CC1CCCCN1C(C)C. The van der Waals surface area contributed by atoms with Crippen LogP contribution in [0.1, 0.15) is 45.9 Å². The van der Waals surface area contributed by atoms with Crippen molar-refractivity contribution in [2.75, 3.05) is 6.54 Å². The molecule has 2 aromatic heterocycles. The number of piperidine rings is 1. The van der Waals surface area contributed by atoms with Crippen molar-refractivity contribution in [1.82, 2.24) is 19.4 Å². The van der Waals surface area contributed by atoms with Gasteiger partial charge in [-0.25, -0.2) is 9.97 Å². The molecule has 3 heterocycles. The maximum atomic E-state index is 4.75. The van der Waals surface area contributed by atoms with Gasteiger partial charge in [-0.05, 0) is 45.4 Å². The molecule has 114 valence electrons. The third kappa shape index (κ3) is 2.82. The van der Waals surface area contributed by atoms with Crippen molar-refractivity contribution < 1.29 is 0 Å². The van der Waals surface area contributed by atoms with Gasteiger partial charge in [0, 0.05) is 31.2 Å². The van der Waals surface area contributed by atoms with Crippen LogP contribution >= 0.6 is 0 Å². The highest BCUT2D eigenvalue weighted by Gasteiger charge is 2.26. The van der Waals surface area contributed by atoms with Gasteiger partial charge in [-0.15, -0.1) is 0 Å². The first-order valence-corrected chi connectivity index (χ1v) is 8.26. The van der Waals surface area contributed by atoms with Gasteiger partial charge in [0.15, 0.2) is 5.65 Å². The number of hydrogen-bond donors (Lipinski definition) is 0. The highest BCUT2D eigenvalue weighted by atomic mass is 15.2. The Morgan fingerprint density at radius 3 is 2.95 bits per heavy atom. The molecule has 0 amide bonds. The summed E-state index contributed by atoms with van der Waals surface area (Å²) < 4.78 is 2.35. The van der Waals surface area contributed by atoms with E-state index >= 15 is 0 Å².